The molecular weight excluding hydrogens is 292 g/mol. The Balaban J connectivity index is 1.85. The highest BCUT2D eigenvalue weighted by Crippen LogP contribution is 2.22. The Hall–Kier alpha value is -1.30. The van der Waals surface area contributed by atoms with Crippen molar-refractivity contribution in [2.45, 2.75) is 19.6 Å². The Bertz CT molecular complexity index is 496. The molecule has 1 saturated heterocycles. The molecule has 1 N–H and O–H groups in total. The molecule has 21 heavy (non-hydrogen) atoms. The Morgan fingerprint density at radius 3 is 3.10 bits per heavy atom. The maximum Gasteiger partial charge on any atom is 0.234 e. The van der Waals surface area contributed by atoms with Gasteiger partial charge in [0.05, 0.1) is 26.4 Å². The average molecular weight is 313 g/mol. The van der Waals surface area contributed by atoms with Gasteiger partial charge in [0.25, 0.3) is 0 Å². The van der Waals surface area contributed by atoms with Crippen LogP contribution >= 0.6 is 11.6 Å². The van der Waals surface area contributed by atoms with Crippen LogP contribution in [0.3, 0.4) is 0 Å². The number of methoxy groups -OCH3 is 1. The van der Waals surface area contributed by atoms with Crippen LogP contribution in [0.25, 0.3) is 0 Å². The molecule has 0 radical (unpaired) electrons. The summed E-state index contributed by atoms with van der Waals surface area (Å²) < 4.78 is 10.7. The standard InChI is InChI=1S/C15H21ClN2O3/c1-11-9-18(5-6-21-11)10-15(19)17-8-12-7-13(16)3-4-14(12)20-2/h3-4,7,11H,5-6,8-10H2,1-2H3,(H,17,19)/t11-/m0/s1. The molecule has 1 aromatic rings. The van der Waals surface area contributed by atoms with Crippen molar-refractivity contribution in [1.29, 1.82) is 0 Å². The number of ether oxygens (including phenoxy) is 2. The predicted molar refractivity (Wildman–Crippen MR) is 81.7 cm³/mol. The summed E-state index contributed by atoms with van der Waals surface area (Å²) in [5, 5.41) is 3.53. The normalized spacial score (nSPS) is 19.3. The minimum Gasteiger partial charge on any atom is -0.496 e. The largest absolute Gasteiger partial charge is 0.496 e. The number of hydrogen-bond acceptors (Lipinski definition) is 4. The highest BCUT2D eigenvalue weighted by atomic mass is 35.5. The van der Waals surface area contributed by atoms with Crippen molar-refractivity contribution in [2.75, 3.05) is 33.4 Å². The Kier molecular flexibility index (Phi) is 5.85. The molecule has 0 saturated carbocycles. The summed E-state index contributed by atoms with van der Waals surface area (Å²) in [6, 6.07) is 5.37. The molecule has 1 aliphatic rings. The second kappa shape index (κ2) is 7.64. The van der Waals surface area contributed by atoms with Gasteiger partial charge in [-0.05, 0) is 25.1 Å². The quantitative estimate of drug-likeness (QED) is 0.899. The molecule has 6 heteroatoms. The van der Waals surface area contributed by atoms with Crippen LogP contribution < -0.4 is 10.1 Å². The average Bonchev–Trinajstić information content (AvgIpc) is 2.45. The maximum absolute atomic E-state index is 12.0. The van der Waals surface area contributed by atoms with Crippen molar-refractivity contribution < 1.29 is 14.3 Å². The molecule has 116 valence electrons. The number of hydrogen-bond donors (Lipinski definition) is 1. The molecule has 0 aliphatic carbocycles. The first-order valence-electron chi connectivity index (χ1n) is 7.01. The van der Waals surface area contributed by atoms with Gasteiger partial charge >= 0.3 is 0 Å². The van der Waals surface area contributed by atoms with Crippen molar-refractivity contribution >= 4 is 17.5 Å². The zero-order valence-corrected chi connectivity index (χ0v) is 13.2. The summed E-state index contributed by atoms with van der Waals surface area (Å²) in [6.45, 7) is 5.06. The second-order valence-electron chi connectivity index (χ2n) is 5.15. The van der Waals surface area contributed by atoms with Gasteiger partial charge in [-0.2, -0.15) is 0 Å². The number of benzene rings is 1. The predicted octanol–water partition coefficient (Wildman–Crippen LogP) is 1.69. The van der Waals surface area contributed by atoms with E-state index in [2.05, 4.69) is 10.2 Å². The van der Waals surface area contributed by atoms with Crippen LogP contribution in [0, 0.1) is 0 Å². The molecule has 0 unspecified atom stereocenters. The molecule has 2 rings (SSSR count). The number of carbonyl (C=O) groups is 1. The van der Waals surface area contributed by atoms with E-state index in [1.54, 1.807) is 25.3 Å². The lowest BCUT2D eigenvalue weighted by Gasteiger charge is -2.30. The van der Waals surface area contributed by atoms with Gasteiger partial charge in [0.1, 0.15) is 5.75 Å². The van der Waals surface area contributed by atoms with E-state index in [0.717, 1.165) is 24.4 Å². The van der Waals surface area contributed by atoms with Gasteiger partial charge < -0.3 is 14.8 Å². The topological polar surface area (TPSA) is 50.8 Å². The summed E-state index contributed by atoms with van der Waals surface area (Å²) in [5.41, 5.74) is 0.869. The second-order valence-corrected chi connectivity index (χ2v) is 5.59. The summed E-state index contributed by atoms with van der Waals surface area (Å²) in [5.74, 6) is 0.714. The van der Waals surface area contributed by atoms with E-state index in [1.807, 2.05) is 6.92 Å². The van der Waals surface area contributed by atoms with Crippen molar-refractivity contribution in [1.82, 2.24) is 10.2 Å². The number of carbonyl (C=O) groups excluding carboxylic acids is 1. The lowest BCUT2D eigenvalue weighted by Crippen LogP contribution is -2.45. The summed E-state index contributed by atoms with van der Waals surface area (Å²) in [6.07, 6.45) is 0.180. The molecule has 1 aliphatic heterocycles. The van der Waals surface area contributed by atoms with Crippen molar-refractivity contribution in [3.63, 3.8) is 0 Å². The highest BCUT2D eigenvalue weighted by molar-refractivity contribution is 6.30. The number of morpholine rings is 1. The lowest BCUT2D eigenvalue weighted by atomic mass is 10.2. The zero-order chi connectivity index (χ0) is 15.2. The van der Waals surface area contributed by atoms with Crippen LogP contribution in [0.5, 0.6) is 5.75 Å². The third-order valence-electron chi connectivity index (χ3n) is 3.41. The molecule has 0 aromatic heterocycles. The SMILES string of the molecule is COc1ccc(Cl)cc1CNC(=O)CN1CCO[C@@H](C)C1. The van der Waals surface area contributed by atoms with Crippen LogP contribution in [0.1, 0.15) is 12.5 Å². The number of halogens is 1. The lowest BCUT2D eigenvalue weighted by molar-refractivity contribution is -0.124. The fourth-order valence-corrected chi connectivity index (χ4v) is 2.57. The molecule has 0 spiro atoms. The van der Waals surface area contributed by atoms with E-state index in [1.165, 1.54) is 0 Å². The van der Waals surface area contributed by atoms with Gasteiger partial charge in [0.2, 0.25) is 5.91 Å². The minimum atomic E-state index is -0.00821. The zero-order valence-electron chi connectivity index (χ0n) is 12.4. The van der Waals surface area contributed by atoms with Crippen LogP contribution in [0.2, 0.25) is 5.02 Å². The summed E-state index contributed by atoms with van der Waals surface area (Å²) in [4.78, 5) is 14.1. The van der Waals surface area contributed by atoms with Crippen LogP contribution in [-0.4, -0.2) is 50.3 Å². The first kappa shape index (κ1) is 16.1. The third kappa shape index (κ3) is 4.88. The fraction of sp³-hybridized carbons (Fsp3) is 0.533. The van der Waals surface area contributed by atoms with Crippen LogP contribution in [0.4, 0.5) is 0 Å². The molecular formula is C15H21ClN2O3. The van der Waals surface area contributed by atoms with Crippen molar-refractivity contribution in [3.8, 4) is 5.75 Å². The Labute approximate surface area is 130 Å². The number of rotatable bonds is 5. The van der Waals surface area contributed by atoms with Crippen molar-refractivity contribution in [3.05, 3.63) is 28.8 Å². The van der Waals surface area contributed by atoms with Gasteiger partial charge in [-0.25, -0.2) is 0 Å². The van der Waals surface area contributed by atoms with Gasteiger partial charge in [-0.3, -0.25) is 9.69 Å². The minimum absolute atomic E-state index is 0.00821. The van der Waals surface area contributed by atoms with Gasteiger partial charge in [0.15, 0.2) is 0 Å². The number of nitrogens with zero attached hydrogens (tertiary/aromatic N) is 1. The Morgan fingerprint density at radius 2 is 2.38 bits per heavy atom. The van der Waals surface area contributed by atoms with Crippen LogP contribution in [0.15, 0.2) is 18.2 Å². The monoisotopic (exact) mass is 312 g/mol. The first-order valence-corrected chi connectivity index (χ1v) is 7.39. The van der Waals surface area contributed by atoms with E-state index in [0.29, 0.717) is 24.7 Å². The molecule has 0 bridgehead atoms. The maximum atomic E-state index is 12.0. The summed E-state index contributed by atoms with van der Waals surface area (Å²) >= 11 is 5.97. The molecule has 1 atom stereocenters. The van der Waals surface area contributed by atoms with Gasteiger partial charge in [-0.15, -0.1) is 0 Å². The van der Waals surface area contributed by atoms with Gasteiger partial charge in [-0.1, -0.05) is 11.6 Å². The molecule has 5 nitrogen and oxygen atoms in total. The molecule has 1 amide bonds. The van der Waals surface area contributed by atoms with E-state index in [4.69, 9.17) is 21.1 Å². The fourth-order valence-electron chi connectivity index (χ4n) is 2.37. The van der Waals surface area contributed by atoms with E-state index >= 15 is 0 Å². The highest BCUT2D eigenvalue weighted by Gasteiger charge is 2.18. The number of amides is 1. The van der Waals surface area contributed by atoms with E-state index in [9.17, 15) is 4.79 Å². The third-order valence-corrected chi connectivity index (χ3v) is 3.65. The molecule has 1 heterocycles. The van der Waals surface area contributed by atoms with Gasteiger partial charge in [0, 0.05) is 30.2 Å². The van der Waals surface area contributed by atoms with Crippen molar-refractivity contribution in [2.24, 2.45) is 0 Å². The first-order chi connectivity index (χ1) is 10.1. The van der Waals surface area contributed by atoms with E-state index in [-0.39, 0.29) is 12.0 Å². The molecule has 1 aromatic carbocycles. The molecule has 1 fully saturated rings. The number of nitrogens with one attached hydrogen (secondary N) is 1. The Morgan fingerprint density at radius 1 is 1.57 bits per heavy atom. The smallest absolute Gasteiger partial charge is 0.234 e. The van der Waals surface area contributed by atoms with E-state index < -0.39 is 0 Å². The summed E-state index contributed by atoms with van der Waals surface area (Å²) in [7, 11) is 1.60. The van der Waals surface area contributed by atoms with Crippen LogP contribution in [-0.2, 0) is 16.1 Å².